The van der Waals surface area contributed by atoms with Crippen molar-refractivity contribution in [3.05, 3.63) is 17.0 Å². The second-order valence-electron chi connectivity index (χ2n) is 5.71. The molecule has 128 valence electrons. The van der Waals surface area contributed by atoms with E-state index < -0.39 is 21.5 Å². The van der Waals surface area contributed by atoms with Gasteiger partial charge >= 0.3 is 0 Å². The van der Waals surface area contributed by atoms with Crippen LogP contribution in [-0.2, 0) is 26.2 Å². The SMILES string of the molecule is CC(=O)NCc1ccc(S(=O)(=O)N(C)C2(C(N)=O)CCCC2)s1. The molecule has 0 spiro atoms. The fourth-order valence-electron chi connectivity index (χ4n) is 2.84. The van der Waals surface area contributed by atoms with E-state index in [-0.39, 0.29) is 16.7 Å². The number of hydrogen-bond donors (Lipinski definition) is 2. The molecule has 1 aromatic rings. The number of carbonyl (C=O) groups excluding carboxylic acids is 2. The average molecular weight is 359 g/mol. The molecule has 23 heavy (non-hydrogen) atoms. The van der Waals surface area contributed by atoms with Crippen LogP contribution in [0.3, 0.4) is 0 Å². The fourth-order valence-corrected chi connectivity index (χ4v) is 5.84. The average Bonchev–Trinajstić information content (AvgIpc) is 3.14. The summed E-state index contributed by atoms with van der Waals surface area (Å²) in [5, 5.41) is 2.63. The lowest BCUT2D eigenvalue weighted by molar-refractivity contribution is -0.126. The third-order valence-corrected chi connectivity index (χ3v) is 7.73. The van der Waals surface area contributed by atoms with E-state index in [2.05, 4.69) is 5.32 Å². The van der Waals surface area contributed by atoms with Crippen LogP contribution in [0, 0.1) is 0 Å². The Labute approximate surface area is 139 Å². The van der Waals surface area contributed by atoms with Gasteiger partial charge in [-0.3, -0.25) is 9.59 Å². The zero-order valence-corrected chi connectivity index (χ0v) is 14.8. The van der Waals surface area contributed by atoms with Crippen molar-refractivity contribution in [3.8, 4) is 0 Å². The minimum absolute atomic E-state index is 0.146. The minimum Gasteiger partial charge on any atom is -0.368 e. The van der Waals surface area contributed by atoms with E-state index in [1.54, 1.807) is 6.07 Å². The van der Waals surface area contributed by atoms with Crippen molar-refractivity contribution < 1.29 is 18.0 Å². The summed E-state index contributed by atoms with van der Waals surface area (Å²) in [6, 6.07) is 3.16. The third-order valence-electron chi connectivity index (χ3n) is 4.26. The van der Waals surface area contributed by atoms with Gasteiger partial charge in [0.15, 0.2) is 0 Å². The van der Waals surface area contributed by atoms with Gasteiger partial charge in [0.2, 0.25) is 11.8 Å². The van der Waals surface area contributed by atoms with Crippen LogP contribution in [0.25, 0.3) is 0 Å². The Morgan fingerprint density at radius 1 is 1.35 bits per heavy atom. The molecule has 0 unspecified atom stereocenters. The highest BCUT2D eigenvalue weighted by Gasteiger charge is 2.48. The van der Waals surface area contributed by atoms with Gasteiger partial charge < -0.3 is 11.1 Å². The van der Waals surface area contributed by atoms with Gasteiger partial charge in [-0.1, -0.05) is 12.8 Å². The number of nitrogens with zero attached hydrogens (tertiary/aromatic N) is 1. The minimum atomic E-state index is -3.81. The molecule has 1 aromatic heterocycles. The first-order valence-corrected chi connectivity index (χ1v) is 9.58. The summed E-state index contributed by atoms with van der Waals surface area (Å²) in [6.45, 7) is 1.68. The zero-order chi connectivity index (χ0) is 17.3. The molecule has 3 N–H and O–H groups in total. The number of nitrogens with one attached hydrogen (secondary N) is 1. The van der Waals surface area contributed by atoms with Crippen molar-refractivity contribution in [2.45, 2.75) is 48.9 Å². The highest BCUT2D eigenvalue weighted by atomic mass is 32.2. The number of hydrogen-bond acceptors (Lipinski definition) is 5. The molecular weight excluding hydrogens is 338 g/mol. The van der Waals surface area contributed by atoms with Crippen LogP contribution in [0.15, 0.2) is 16.3 Å². The molecule has 2 rings (SSSR count). The van der Waals surface area contributed by atoms with Gasteiger partial charge in [0, 0.05) is 18.8 Å². The summed E-state index contributed by atoms with van der Waals surface area (Å²) in [5.41, 5.74) is 4.37. The molecule has 2 amide bonds. The van der Waals surface area contributed by atoms with Gasteiger partial charge in [-0.15, -0.1) is 11.3 Å². The summed E-state index contributed by atoms with van der Waals surface area (Å²) in [7, 11) is -2.39. The summed E-state index contributed by atoms with van der Waals surface area (Å²) in [6.07, 6.45) is 2.45. The maximum Gasteiger partial charge on any atom is 0.253 e. The predicted molar refractivity (Wildman–Crippen MR) is 87.2 cm³/mol. The number of thiophene rings is 1. The van der Waals surface area contributed by atoms with Gasteiger partial charge in [0.05, 0.1) is 6.54 Å². The molecule has 1 aliphatic carbocycles. The Balaban J connectivity index is 2.27. The number of carbonyl (C=O) groups is 2. The van der Waals surface area contributed by atoms with E-state index in [1.807, 2.05) is 0 Å². The van der Waals surface area contributed by atoms with E-state index in [0.717, 1.165) is 33.4 Å². The second kappa shape index (κ2) is 6.58. The van der Waals surface area contributed by atoms with E-state index >= 15 is 0 Å². The van der Waals surface area contributed by atoms with Gasteiger partial charge in [-0.25, -0.2) is 8.42 Å². The van der Waals surface area contributed by atoms with Crippen molar-refractivity contribution in [1.82, 2.24) is 9.62 Å². The number of rotatable bonds is 6. The van der Waals surface area contributed by atoms with Crippen molar-refractivity contribution in [1.29, 1.82) is 0 Å². The number of likely N-dealkylation sites (N-methyl/N-ethyl adjacent to an activating group) is 1. The van der Waals surface area contributed by atoms with E-state index in [1.165, 1.54) is 20.0 Å². The normalized spacial score (nSPS) is 17.3. The van der Waals surface area contributed by atoms with E-state index in [9.17, 15) is 18.0 Å². The highest BCUT2D eigenvalue weighted by molar-refractivity contribution is 7.91. The van der Waals surface area contributed by atoms with Crippen molar-refractivity contribution in [2.75, 3.05) is 7.05 Å². The lowest BCUT2D eigenvalue weighted by Crippen LogP contribution is -2.56. The lowest BCUT2D eigenvalue weighted by atomic mass is 9.97. The standard InChI is InChI=1S/C14H21N3O4S2/c1-10(18)16-9-11-5-6-12(22-11)23(20,21)17(2)14(13(15)19)7-3-4-8-14/h5-6H,3-4,7-9H2,1-2H3,(H2,15,19)(H,16,18). The van der Waals surface area contributed by atoms with Gasteiger partial charge in [0.25, 0.3) is 10.0 Å². The lowest BCUT2D eigenvalue weighted by Gasteiger charge is -2.34. The summed E-state index contributed by atoms with van der Waals surface area (Å²) < 4.78 is 26.9. The fraction of sp³-hybridized carbons (Fsp3) is 0.571. The largest absolute Gasteiger partial charge is 0.368 e. The first kappa shape index (κ1) is 17.9. The first-order chi connectivity index (χ1) is 10.7. The number of nitrogens with two attached hydrogens (primary N) is 1. The molecule has 1 heterocycles. The number of primary amides is 1. The molecule has 9 heteroatoms. The van der Waals surface area contributed by atoms with Crippen LogP contribution in [-0.4, -0.2) is 37.1 Å². The maximum absolute atomic E-state index is 12.8. The molecule has 1 aliphatic rings. The van der Waals surface area contributed by atoms with Gasteiger partial charge in [-0.2, -0.15) is 4.31 Å². The molecular formula is C14H21N3O4S2. The Hall–Kier alpha value is -1.45. The van der Waals surface area contributed by atoms with Crippen molar-refractivity contribution in [2.24, 2.45) is 5.73 Å². The third kappa shape index (κ3) is 3.41. The quantitative estimate of drug-likeness (QED) is 0.783. The van der Waals surface area contributed by atoms with Crippen molar-refractivity contribution >= 4 is 33.2 Å². The molecule has 0 bridgehead atoms. The number of amides is 2. The van der Waals surface area contributed by atoms with E-state index in [0.29, 0.717) is 12.8 Å². The summed E-state index contributed by atoms with van der Waals surface area (Å²) >= 11 is 1.08. The molecule has 0 aliphatic heterocycles. The zero-order valence-electron chi connectivity index (χ0n) is 13.2. The molecule has 0 saturated heterocycles. The topological polar surface area (TPSA) is 110 Å². The first-order valence-electron chi connectivity index (χ1n) is 7.32. The smallest absolute Gasteiger partial charge is 0.253 e. The van der Waals surface area contributed by atoms with Crippen LogP contribution in [0.2, 0.25) is 0 Å². The van der Waals surface area contributed by atoms with Crippen LogP contribution in [0.4, 0.5) is 0 Å². The molecule has 0 atom stereocenters. The Bertz CT molecular complexity index is 705. The van der Waals surface area contributed by atoms with Crippen LogP contribution < -0.4 is 11.1 Å². The van der Waals surface area contributed by atoms with Gasteiger partial charge in [0.1, 0.15) is 9.75 Å². The molecule has 7 nitrogen and oxygen atoms in total. The van der Waals surface area contributed by atoms with Crippen LogP contribution >= 0.6 is 11.3 Å². The van der Waals surface area contributed by atoms with Crippen LogP contribution in [0.1, 0.15) is 37.5 Å². The molecule has 0 radical (unpaired) electrons. The Morgan fingerprint density at radius 3 is 2.48 bits per heavy atom. The second-order valence-corrected chi connectivity index (χ2v) is 9.07. The molecule has 1 fully saturated rings. The van der Waals surface area contributed by atoms with E-state index in [4.69, 9.17) is 5.73 Å². The predicted octanol–water partition coefficient (Wildman–Crippen LogP) is 0.803. The summed E-state index contributed by atoms with van der Waals surface area (Å²) in [5.74, 6) is -0.783. The monoisotopic (exact) mass is 359 g/mol. The Morgan fingerprint density at radius 2 is 1.96 bits per heavy atom. The molecule has 0 aromatic carbocycles. The van der Waals surface area contributed by atoms with Gasteiger partial charge in [-0.05, 0) is 25.0 Å². The van der Waals surface area contributed by atoms with Crippen molar-refractivity contribution in [3.63, 3.8) is 0 Å². The maximum atomic E-state index is 12.8. The van der Waals surface area contributed by atoms with Crippen LogP contribution in [0.5, 0.6) is 0 Å². The Kier molecular flexibility index (Phi) is 5.12. The number of sulfonamides is 1. The highest BCUT2D eigenvalue weighted by Crippen LogP contribution is 2.38. The molecule has 1 saturated carbocycles. The summed E-state index contributed by atoms with van der Waals surface area (Å²) in [4.78, 5) is 23.6.